The SMILES string of the molecule is CC1C=CC=CC1c1cc(-c2ccccc2)cc(-n2c3ccccc3c3ccc(-c4ccccc4-c4cccc(Br)c4)cc32)c1. The van der Waals surface area contributed by atoms with Gasteiger partial charge in [0.2, 0.25) is 0 Å². The molecule has 216 valence electrons. The third kappa shape index (κ3) is 5.06. The number of benzene rings is 6. The molecule has 0 radical (unpaired) electrons. The van der Waals surface area contributed by atoms with Crippen LogP contribution in [-0.2, 0) is 0 Å². The fourth-order valence-electron chi connectivity index (χ4n) is 6.95. The van der Waals surface area contributed by atoms with E-state index >= 15 is 0 Å². The Kier molecular flexibility index (Phi) is 7.08. The van der Waals surface area contributed by atoms with Crippen LogP contribution in [0.2, 0.25) is 0 Å². The first-order valence-corrected chi connectivity index (χ1v) is 16.4. The fraction of sp³-hybridized carbons (Fsp3) is 0.0698. The lowest BCUT2D eigenvalue weighted by atomic mass is 9.83. The summed E-state index contributed by atoms with van der Waals surface area (Å²) in [5.41, 5.74) is 12.3. The van der Waals surface area contributed by atoms with Crippen LogP contribution < -0.4 is 0 Å². The molecule has 6 aromatic carbocycles. The molecule has 1 aliphatic rings. The maximum atomic E-state index is 3.68. The van der Waals surface area contributed by atoms with Gasteiger partial charge in [-0.25, -0.2) is 0 Å². The monoisotopic (exact) mass is 641 g/mol. The number of aromatic nitrogens is 1. The molecule has 0 saturated heterocycles. The van der Waals surface area contributed by atoms with Gasteiger partial charge >= 0.3 is 0 Å². The second kappa shape index (κ2) is 11.5. The van der Waals surface area contributed by atoms with Crippen molar-refractivity contribution < 1.29 is 0 Å². The number of fused-ring (bicyclic) bond motifs is 3. The zero-order chi connectivity index (χ0) is 30.3. The van der Waals surface area contributed by atoms with Crippen LogP contribution in [0, 0.1) is 5.92 Å². The third-order valence-corrected chi connectivity index (χ3v) is 9.64. The molecule has 1 aromatic heterocycles. The summed E-state index contributed by atoms with van der Waals surface area (Å²) < 4.78 is 3.55. The molecule has 2 unspecified atom stereocenters. The van der Waals surface area contributed by atoms with Gasteiger partial charge in [0.1, 0.15) is 0 Å². The minimum Gasteiger partial charge on any atom is -0.309 e. The second-order valence-corrected chi connectivity index (χ2v) is 12.9. The molecule has 45 heavy (non-hydrogen) atoms. The predicted octanol–water partition coefficient (Wildman–Crippen LogP) is 12.4. The van der Waals surface area contributed by atoms with E-state index in [-0.39, 0.29) is 0 Å². The summed E-state index contributed by atoms with van der Waals surface area (Å²) in [6.45, 7) is 2.31. The Morgan fingerprint density at radius 2 is 1.20 bits per heavy atom. The molecular weight excluding hydrogens is 610 g/mol. The van der Waals surface area contributed by atoms with Crippen molar-refractivity contribution in [3.63, 3.8) is 0 Å². The molecule has 2 heteroatoms. The van der Waals surface area contributed by atoms with Crippen molar-refractivity contribution in [1.82, 2.24) is 4.57 Å². The number of nitrogens with zero attached hydrogens (tertiary/aromatic N) is 1. The van der Waals surface area contributed by atoms with E-state index in [1.54, 1.807) is 0 Å². The van der Waals surface area contributed by atoms with Gasteiger partial charge in [-0.3, -0.25) is 0 Å². The van der Waals surface area contributed by atoms with E-state index in [0.717, 1.165) is 4.47 Å². The van der Waals surface area contributed by atoms with E-state index in [9.17, 15) is 0 Å². The number of halogens is 1. The topological polar surface area (TPSA) is 4.93 Å². The largest absolute Gasteiger partial charge is 0.309 e. The quantitative estimate of drug-likeness (QED) is 0.176. The maximum Gasteiger partial charge on any atom is 0.0547 e. The number of hydrogen-bond donors (Lipinski definition) is 0. The van der Waals surface area contributed by atoms with E-state index in [0.29, 0.717) is 11.8 Å². The van der Waals surface area contributed by atoms with Crippen molar-refractivity contribution in [3.8, 4) is 39.1 Å². The molecule has 0 N–H and O–H groups in total. The van der Waals surface area contributed by atoms with E-state index < -0.39 is 0 Å². The summed E-state index contributed by atoms with van der Waals surface area (Å²) in [4.78, 5) is 0. The highest BCUT2D eigenvalue weighted by molar-refractivity contribution is 9.10. The van der Waals surface area contributed by atoms with Gasteiger partial charge in [-0.2, -0.15) is 0 Å². The molecule has 0 aliphatic heterocycles. The minimum absolute atomic E-state index is 0.318. The van der Waals surface area contributed by atoms with Crippen molar-refractivity contribution in [2.24, 2.45) is 5.92 Å². The van der Waals surface area contributed by atoms with Gasteiger partial charge in [-0.05, 0) is 81.3 Å². The van der Waals surface area contributed by atoms with Crippen molar-refractivity contribution in [3.05, 3.63) is 174 Å². The number of rotatable bonds is 5. The van der Waals surface area contributed by atoms with Crippen molar-refractivity contribution >= 4 is 37.7 Å². The van der Waals surface area contributed by atoms with E-state index in [1.807, 2.05) is 0 Å². The highest BCUT2D eigenvalue weighted by Gasteiger charge is 2.20. The Morgan fingerprint density at radius 1 is 0.511 bits per heavy atom. The number of allylic oxidation sites excluding steroid dienone is 4. The summed E-state index contributed by atoms with van der Waals surface area (Å²) in [5, 5.41) is 2.52. The molecule has 2 atom stereocenters. The molecule has 0 bridgehead atoms. The summed E-state index contributed by atoms with van der Waals surface area (Å²) in [5.74, 6) is 0.742. The Bertz CT molecular complexity index is 2250. The molecule has 7 aromatic rings. The summed E-state index contributed by atoms with van der Waals surface area (Å²) in [7, 11) is 0. The minimum atomic E-state index is 0.318. The van der Waals surface area contributed by atoms with Gasteiger partial charge in [0.25, 0.3) is 0 Å². The van der Waals surface area contributed by atoms with Crippen molar-refractivity contribution in [1.29, 1.82) is 0 Å². The molecule has 1 aliphatic carbocycles. The van der Waals surface area contributed by atoms with Gasteiger partial charge in [-0.1, -0.05) is 150 Å². The number of para-hydroxylation sites is 1. The van der Waals surface area contributed by atoms with Crippen LogP contribution in [0.15, 0.2) is 168 Å². The first kappa shape index (κ1) is 27.6. The Morgan fingerprint density at radius 3 is 2.00 bits per heavy atom. The van der Waals surface area contributed by atoms with Crippen molar-refractivity contribution in [2.45, 2.75) is 12.8 Å². The maximum absolute atomic E-state index is 3.68. The van der Waals surface area contributed by atoms with Crippen LogP contribution in [0.3, 0.4) is 0 Å². The van der Waals surface area contributed by atoms with Crippen LogP contribution in [0.4, 0.5) is 0 Å². The van der Waals surface area contributed by atoms with Gasteiger partial charge < -0.3 is 4.57 Å². The molecule has 1 nitrogen and oxygen atoms in total. The lowest BCUT2D eigenvalue weighted by Gasteiger charge is -2.23. The normalized spacial score (nSPS) is 16.0. The Balaban J connectivity index is 1.38. The van der Waals surface area contributed by atoms with Crippen molar-refractivity contribution in [2.75, 3.05) is 0 Å². The molecule has 0 fully saturated rings. The second-order valence-electron chi connectivity index (χ2n) is 12.0. The first-order chi connectivity index (χ1) is 22.1. The highest BCUT2D eigenvalue weighted by Crippen LogP contribution is 2.40. The van der Waals surface area contributed by atoms with Crippen LogP contribution in [0.25, 0.3) is 60.9 Å². The van der Waals surface area contributed by atoms with Crippen LogP contribution >= 0.6 is 15.9 Å². The average Bonchev–Trinajstić information content (AvgIpc) is 3.42. The zero-order valence-corrected chi connectivity index (χ0v) is 26.7. The first-order valence-electron chi connectivity index (χ1n) is 15.6. The smallest absolute Gasteiger partial charge is 0.0547 e. The van der Waals surface area contributed by atoms with Crippen LogP contribution in [0.1, 0.15) is 18.4 Å². The van der Waals surface area contributed by atoms with E-state index in [2.05, 4.69) is 191 Å². The molecule has 0 spiro atoms. The van der Waals surface area contributed by atoms with E-state index in [1.165, 1.54) is 66.4 Å². The molecule has 1 heterocycles. The van der Waals surface area contributed by atoms with Gasteiger partial charge in [0, 0.05) is 26.9 Å². The summed E-state index contributed by atoms with van der Waals surface area (Å²) >= 11 is 3.68. The average molecular weight is 643 g/mol. The van der Waals surface area contributed by atoms with Gasteiger partial charge in [0.05, 0.1) is 11.0 Å². The lowest BCUT2D eigenvalue weighted by molar-refractivity contribution is 0.635. The van der Waals surface area contributed by atoms with Gasteiger partial charge in [-0.15, -0.1) is 0 Å². The number of hydrogen-bond acceptors (Lipinski definition) is 0. The lowest BCUT2D eigenvalue weighted by Crippen LogP contribution is -2.08. The third-order valence-electron chi connectivity index (χ3n) is 9.15. The van der Waals surface area contributed by atoms with Crippen LogP contribution in [-0.4, -0.2) is 4.57 Å². The summed E-state index contributed by atoms with van der Waals surface area (Å²) in [6.07, 6.45) is 9.02. The fourth-order valence-corrected chi connectivity index (χ4v) is 7.34. The van der Waals surface area contributed by atoms with E-state index in [4.69, 9.17) is 0 Å². The standard InChI is InChI=1S/C43H32BrN/c1-29-12-5-6-17-37(29)34-24-33(30-13-3-2-4-14-30)26-36(27-34)45-42-21-10-9-20-40(42)41-23-22-32(28-43(41)45)39-19-8-7-18-38(39)31-15-11-16-35(44)25-31/h2-29,37H,1H3. The Hall–Kier alpha value is -4.92. The van der Waals surface area contributed by atoms with Crippen LogP contribution in [0.5, 0.6) is 0 Å². The zero-order valence-electron chi connectivity index (χ0n) is 25.1. The highest BCUT2D eigenvalue weighted by atomic mass is 79.9. The molecule has 0 amide bonds. The molecular formula is C43H32BrN. The molecule has 0 saturated carbocycles. The Labute approximate surface area is 272 Å². The molecule has 8 rings (SSSR count). The summed E-state index contributed by atoms with van der Waals surface area (Å²) in [6, 6.07) is 51.0. The van der Waals surface area contributed by atoms with Gasteiger partial charge in [0.15, 0.2) is 0 Å². The predicted molar refractivity (Wildman–Crippen MR) is 195 cm³/mol.